The van der Waals surface area contributed by atoms with Crippen molar-refractivity contribution in [1.29, 1.82) is 0 Å². The van der Waals surface area contributed by atoms with Gasteiger partial charge < -0.3 is 4.74 Å². The van der Waals surface area contributed by atoms with Crippen LogP contribution in [0.3, 0.4) is 0 Å². The summed E-state index contributed by atoms with van der Waals surface area (Å²) in [6, 6.07) is 0. The summed E-state index contributed by atoms with van der Waals surface area (Å²) in [7, 11) is 0. The largest absolute Gasteiger partial charge is 0.466 e. The molecule has 0 aliphatic heterocycles. The summed E-state index contributed by atoms with van der Waals surface area (Å²) in [4.78, 5) is 10.4. The molecule has 0 radical (unpaired) electrons. The van der Waals surface area contributed by atoms with E-state index in [9.17, 15) is 4.79 Å². The van der Waals surface area contributed by atoms with Gasteiger partial charge in [-0.3, -0.25) is 4.79 Å². The van der Waals surface area contributed by atoms with Crippen LogP contribution in [0.2, 0.25) is 0 Å². The normalized spacial score (nSPS) is 12.9. The van der Waals surface area contributed by atoms with E-state index >= 15 is 0 Å². The van der Waals surface area contributed by atoms with Gasteiger partial charge in [-0.15, -0.1) is 0 Å². The third-order valence-corrected chi connectivity index (χ3v) is 2.16. The smallest absolute Gasteiger partial charge is 0.302 e. The molecule has 0 N–H and O–H groups in total. The molecule has 0 saturated carbocycles. The van der Waals surface area contributed by atoms with Gasteiger partial charge >= 0.3 is 5.97 Å². The molecular formula is C12H20O2. The molecule has 0 amide bonds. The second-order valence-electron chi connectivity index (χ2n) is 3.34. The predicted octanol–water partition coefficient (Wildman–Crippen LogP) is 3.24. The zero-order valence-electron chi connectivity index (χ0n) is 9.59. The Morgan fingerprint density at radius 1 is 1.21 bits per heavy atom. The molecule has 0 aromatic rings. The number of ether oxygens (including phenoxy) is 1. The Morgan fingerprint density at radius 2 is 1.86 bits per heavy atom. The first-order chi connectivity index (χ1) is 6.57. The summed E-state index contributed by atoms with van der Waals surface area (Å²) in [5.74, 6) is -0.199. The molecule has 0 aromatic heterocycles. The second-order valence-corrected chi connectivity index (χ2v) is 3.34. The van der Waals surface area contributed by atoms with Crippen LogP contribution in [0.25, 0.3) is 0 Å². The fourth-order valence-corrected chi connectivity index (χ4v) is 1.01. The highest BCUT2D eigenvalue weighted by atomic mass is 16.5. The molecule has 0 heterocycles. The lowest BCUT2D eigenvalue weighted by Gasteiger charge is -2.01. The molecule has 0 bridgehead atoms. The molecule has 14 heavy (non-hydrogen) atoms. The van der Waals surface area contributed by atoms with Gasteiger partial charge in [0.15, 0.2) is 0 Å². The zero-order chi connectivity index (χ0) is 11.0. The number of esters is 1. The Balaban J connectivity index is 3.67. The number of rotatable bonds is 5. The van der Waals surface area contributed by atoms with Crippen molar-refractivity contribution in [3.05, 3.63) is 23.3 Å². The summed E-state index contributed by atoms with van der Waals surface area (Å²) in [5.41, 5.74) is 2.60. The van der Waals surface area contributed by atoms with Crippen molar-refractivity contribution < 1.29 is 9.53 Å². The fraction of sp³-hybridized carbons (Fsp3) is 0.583. The maximum atomic E-state index is 10.4. The minimum Gasteiger partial charge on any atom is -0.466 e. The monoisotopic (exact) mass is 196 g/mol. The highest BCUT2D eigenvalue weighted by molar-refractivity contribution is 5.65. The van der Waals surface area contributed by atoms with Gasteiger partial charge in [0.05, 0.1) is 6.61 Å². The molecule has 2 nitrogen and oxygen atoms in total. The third kappa shape index (κ3) is 6.46. The summed E-state index contributed by atoms with van der Waals surface area (Å²) in [5, 5.41) is 0. The quantitative estimate of drug-likeness (QED) is 0.383. The van der Waals surface area contributed by atoms with Crippen molar-refractivity contribution in [2.24, 2.45) is 0 Å². The Bertz CT molecular complexity index is 237. The highest BCUT2D eigenvalue weighted by Crippen LogP contribution is 2.09. The lowest BCUT2D eigenvalue weighted by atomic mass is 10.1. The van der Waals surface area contributed by atoms with Gasteiger partial charge in [-0.25, -0.2) is 0 Å². The number of hydrogen-bond acceptors (Lipinski definition) is 2. The van der Waals surface area contributed by atoms with Gasteiger partial charge in [-0.2, -0.15) is 0 Å². The number of allylic oxidation sites excluding steroid dienone is 4. The van der Waals surface area contributed by atoms with Crippen LogP contribution in [0.1, 0.15) is 40.5 Å². The summed E-state index contributed by atoms with van der Waals surface area (Å²) in [6.45, 7) is 8.18. The molecule has 0 saturated heterocycles. The maximum Gasteiger partial charge on any atom is 0.302 e. The van der Waals surface area contributed by atoms with Crippen molar-refractivity contribution >= 4 is 5.97 Å². The second kappa shape index (κ2) is 7.36. The minimum absolute atomic E-state index is 0.199. The SMILES string of the molecule is CC=C(C)C(C)=CCCCOC(C)=O. The Labute approximate surface area is 86.6 Å². The van der Waals surface area contributed by atoms with E-state index in [1.165, 1.54) is 18.1 Å². The molecule has 80 valence electrons. The molecule has 0 atom stereocenters. The first-order valence-electron chi connectivity index (χ1n) is 5.01. The maximum absolute atomic E-state index is 10.4. The van der Waals surface area contributed by atoms with E-state index in [1.54, 1.807) is 0 Å². The first-order valence-corrected chi connectivity index (χ1v) is 5.01. The first kappa shape index (κ1) is 12.9. The molecule has 0 fully saturated rings. The average Bonchev–Trinajstić information content (AvgIpc) is 2.15. The molecule has 0 aliphatic rings. The van der Waals surface area contributed by atoms with E-state index in [2.05, 4.69) is 26.0 Å². The van der Waals surface area contributed by atoms with Crippen LogP contribution in [-0.2, 0) is 9.53 Å². The van der Waals surface area contributed by atoms with Crippen LogP contribution in [0.4, 0.5) is 0 Å². The predicted molar refractivity (Wildman–Crippen MR) is 59.1 cm³/mol. The third-order valence-electron chi connectivity index (χ3n) is 2.16. The summed E-state index contributed by atoms with van der Waals surface area (Å²) >= 11 is 0. The lowest BCUT2D eigenvalue weighted by molar-refractivity contribution is -0.141. The van der Waals surface area contributed by atoms with Crippen LogP contribution in [0.5, 0.6) is 0 Å². The highest BCUT2D eigenvalue weighted by Gasteiger charge is 1.93. The van der Waals surface area contributed by atoms with E-state index < -0.39 is 0 Å². The van der Waals surface area contributed by atoms with Crippen molar-refractivity contribution in [3.8, 4) is 0 Å². The van der Waals surface area contributed by atoms with Gasteiger partial charge in [0, 0.05) is 6.92 Å². The minimum atomic E-state index is -0.199. The number of carbonyl (C=O) groups is 1. The van der Waals surface area contributed by atoms with Crippen molar-refractivity contribution in [2.45, 2.75) is 40.5 Å². The van der Waals surface area contributed by atoms with Crippen LogP contribution in [0, 0.1) is 0 Å². The molecular weight excluding hydrogens is 176 g/mol. The number of hydrogen-bond donors (Lipinski definition) is 0. The van der Waals surface area contributed by atoms with Gasteiger partial charge in [0.25, 0.3) is 0 Å². The molecule has 0 rings (SSSR count). The van der Waals surface area contributed by atoms with Crippen LogP contribution in [-0.4, -0.2) is 12.6 Å². The van der Waals surface area contributed by atoms with Crippen LogP contribution >= 0.6 is 0 Å². The molecule has 0 spiro atoms. The van der Waals surface area contributed by atoms with Gasteiger partial charge in [0.1, 0.15) is 0 Å². The molecule has 0 aliphatic carbocycles. The van der Waals surface area contributed by atoms with Gasteiger partial charge in [-0.1, -0.05) is 23.3 Å². The standard InChI is InChI=1S/C12H20O2/c1-5-10(2)11(3)8-6-7-9-14-12(4)13/h5,8H,6-7,9H2,1-4H3. The fourth-order valence-electron chi connectivity index (χ4n) is 1.01. The van der Waals surface area contributed by atoms with Crippen LogP contribution < -0.4 is 0 Å². The topological polar surface area (TPSA) is 26.3 Å². The number of unbranched alkanes of at least 4 members (excludes halogenated alkanes) is 1. The molecule has 0 unspecified atom stereocenters. The summed E-state index contributed by atoms with van der Waals surface area (Å²) in [6.07, 6.45) is 6.13. The Morgan fingerprint density at radius 3 is 2.36 bits per heavy atom. The van der Waals surface area contributed by atoms with Crippen molar-refractivity contribution in [2.75, 3.05) is 6.61 Å². The zero-order valence-corrected chi connectivity index (χ0v) is 9.59. The lowest BCUT2D eigenvalue weighted by Crippen LogP contribution is -1.99. The van der Waals surface area contributed by atoms with E-state index in [1.807, 2.05) is 6.92 Å². The molecule has 0 aromatic carbocycles. The van der Waals surface area contributed by atoms with E-state index in [0.29, 0.717) is 6.61 Å². The summed E-state index contributed by atoms with van der Waals surface area (Å²) < 4.78 is 4.83. The van der Waals surface area contributed by atoms with E-state index in [0.717, 1.165) is 12.8 Å². The van der Waals surface area contributed by atoms with Gasteiger partial charge in [-0.05, 0) is 33.6 Å². The van der Waals surface area contributed by atoms with E-state index in [4.69, 9.17) is 4.74 Å². The Hall–Kier alpha value is -1.05. The van der Waals surface area contributed by atoms with Crippen LogP contribution in [0.15, 0.2) is 23.3 Å². The van der Waals surface area contributed by atoms with E-state index in [-0.39, 0.29) is 5.97 Å². The average molecular weight is 196 g/mol. The Kier molecular flexibility index (Phi) is 6.81. The van der Waals surface area contributed by atoms with Crippen molar-refractivity contribution in [3.63, 3.8) is 0 Å². The number of carbonyl (C=O) groups excluding carboxylic acids is 1. The van der Waals surface area contributed by atoms with Crippen molar-refractivity contribution in [1.82, 2.24) is 0 Å². The van der Waals surface area contributed by atoms with Gasteiger partial charge in [0.2, 0.25) is 0 Å². The molecule has 2 heteroatoms.